The van der Waals surface area contributed by atoms with E-state index >= 15 is 0 Å². The number of nitrogens with one attached hydrogen (secondary N) is 1. The van der Waals surface area contributed by atoms with Gasteiger partial charge in [-0.2, -0.15) is 8.78 Å². The highest BCUT2D eigenvalue weighted by Crippen LogP contribution is 2.20. The lowest BCUT2D eigenvalue weighted by Gasteiger charge is -2.38. The summed E-state index contributed by atoms with van der Waals surface area (Å²) in [6, 6.07) is 5.94. The molecule has 1 aliphatic heterocycles. The molecule has 0 saturated carbocycles. The number of hydrogen-bond acceptors (Lipinski definition) is 5. The van der Waals surface area contributed by atoms with E-state index in [1.165, 1.54) is 24.3 Å². The van der Waals surface area contributed by atoms with Crippen molar-refractivity contribution in [2.45, 2.75) is 44.2 Å². The minimum absolute atomic E-state index is 0.216. The molecule has 0 spiro atoms. The summed E-state index contributed by atoms with van der Waals surface area (Å²) < 4.78 is 53.1. The Kier molecular flexibility index (Phi) is 8.98. The number of carbonyl (C=O) groups is 1. The van der Waals surface area contributed by atoms with Crippen LogP contribution in [0.15, 0.2) is 24.3 Å². The van der Waals surface area contributed by atoms with Crippen molar-refractivity contribution in [2.75, 3.05) is 32.8 Å². The minimum Gasteiger partial charge on any atom is -0.379 e. The fourth-order valence-electron chi connectivity index (χ4n) is 3.68. The Bertz CT molecular complexity index is 746. The van der Waals surface area contributed by atoms with Crippen LogP contribution >= 0.6 is 0 Å². The third-order valence-corrected chi connectivity index (χ3v) is 6.71. The number of nitrogens with zero attached hydrogens (tertiary/aromatic N) is 1. The predicted octanol–water partition coefficient (Wildman–Crippen LogP) is 2.69. The molecule has 1 fully saturated rings. The van der Waals surface area contributed by atoms with Crippen LogP contribution in [0.5, 0.6) is 0 Å². The van der Waals surface area contributed by atoms with Gasteiger partial charge in [-0.25, -0.2) is 8.42 Å². The Morgan fingerprint density at radius 2 is 1.72 bits per heavy atom. The van der Waals surface area contributed by atoms with Gasteiger partial charge in [-0.3, -0.25) is 9.69 Å². The maximum absolute atomic E-state index is 12.5. The molecular formula is C20H30F2N2O4S. The standard InChI is InChI=1S/C20H30F2N2O4S/c1-3-16(4-2)18(24-9-11-28-12-10-24)13-23-19(25)17-7-5-15(6-8-17)14-29(26,27)20(21)22/h5-8,16,18,20H,3-4,9-14H2,1-2H3,(H,23,25). The smallest absolute Gasteiger partial charge is 0.337 e. The van der Waals surface area contributed by atoms with E-state index in [0.717, 1.165) is 25.9 Å². The SMILES string of the molecule is CCC(CC)C(CNC(=O)c1ccc(CS(=O)(=O)C(F)F)cc1)N1CCOCC1. The Morgan fingerprint density at radius 1 is 1.14 bits per heavy atom. The zero-order chi connectivity index (χ0) is 21.4. The number of morpholine rings is 1. The fourth-order valence-corrected chi connectivity index (χ4v) is 4.47. The second-order valence-electron chi connectivity index (χ2n) is 7.27. The Labute approximate surface area is 171 Å². The Hall–Kier alpha value is -1.58. The average Bonchev–Trinajstić information content (AvgIpc) is 2.71. The number of sulfone groups is 1. The van der Waals surface area contributed by atoms with Gasteiger partial charge in [0.15, 0.2) is 0 Å². The molecule has 0 bridgehead atoms. The van der Waals surface area contributed by atoms with E-state index in [-0.39, 0.29) is 17.5 Å². The van der Waals surface area contributed by atoms with E-state index in [4.69, 9.17) is 4.74 Å². The van der Waals surface area contributed by atoms with Gasteiger partial charge in [0.1, 0.15) is 0 Å². The molecular weight excluding hydrogens is 402 g/mol. The molecule has 1 aliphatic rings. The molecule has 9 heteroatoms. The molecule has 0 radical (unpaired) electrons. The van der Waals surface area contributed by atoms with E-state index < -0.39 is 21.3 Å². The van der Waals surface area contributed by atoms with Gasteiger partial charge in [0, 0.05) is 31.2 Å². The molecule has 1 atom stereocenters. The van der Waals surface area contributed by atoms with Crippen LogP contribution in [0.1, 0.15) is 42.6 Å². The topological polar surface area (TPSA) is 75.7 Å². The van der Waals surface area contributed by atoms with Crippen LogP contribution in [0.25, 0.3) is 0 Å². The highest BCUT2D eigenvalue weighted by Gasteiger charge is 2.27. The highest BCUT2D eigenvalue weighted by atomic mass is 32.2. The van der Waals surface area contributed by atoms with Gasteiger partial charge >= 0.3 is 5.76 Å². The van der Waals surface area contributed by atoms with Crippen LogP contribution in [-0.2, 0) is 20.3 Å². The van der Waals surface area contributed by atoms with Crippen molar-refractivity contribution in [1.29, 1.82) is 0 Å². The van der Waals surface area contributed by atoms with Crippen LogP contribution < -0.4 is 5.32 Å². The number of ether oxygens (including phenoxy) is 1. The summed E-state index contributed by atoms with van der Waals surface area (Å²) in [5.74, 6) is -3.97. The zero-order valence-corrected chi connectivity index (χ0v) is 17.8. The first-order valence-corrected chi connectivity index (χ1v) is 11.7. The van der Waals surface area contributed by atoms with Gasteiger partial charge in [-0.15, -0.1) is 0 Å². The third-order valence-electron chi connectivity index (χ3n) is 5.43. The molecule has 1 heterocycles. The van der Waals surface area contributed by atoms with Crippen molar-refractivity contribution in [3.63, 3.8) is 0 Å². The molecule has 2 rings (SSSR count). The predicted molar refractivity (Wildman–Crippen MR) is 108 cm³/mol. The number of halogens is 2. The highest BCUT2D eigenvalue weighted by molar-refractivity contribution is 7.90. The van der Waals surface area contributed by atoms with E-state index in [1.54, 1.807) is 0 Å². The molecule has 1 aromatic rings. The second-order valence-corrected chi connectivity index (χ2v) is 9.24. The number of carbonyl (C=O) groups excluding carboxylic acids is 1. The maximum Gasteiger partial charge on any atom is 0.337 e. The number of benzene rings is 1. The van der Waals surface area contributed by atoms with Gasteiger partial charge < -0.3 is 10.1 Å². The second kappa shape index (κ2) is 11.0. The van der Waals surface area contributed by atoms with E-state index in [2.05, 4.69) is 24.1 Å². The minimum atomic E-state index is -4.48. The Balaban J connectivity index is 2.00. The van der Waals surface area contributed by atoms with E-state index in [1.807, 2.05) is 0 Å². The van der Waals surface area contributed by atoms with E-state index in [0.29, 0.717) is 31.2 Å². The molecule has 0 aliphatic carbocycles. The fraction of sp³-hybridized carbons (Fsp3) is 0.650. The van der Waals surface area contributed by atoms with Gasteiger partial charge in [-0.1, -0.05) is 38.8 Å². The molecule has 1 N–H and O–H groups in total. The summed E-state index contributed by atoms with van der Waals surface area (Å²) >= 11 is 0. The van der Waals surface area contributed by atoms with Crippen LogP contribution in [0.3, 0.4) is 0 Å². The molecule has 1 unspecified atom stereocenters. The summed E-state index contributed by atoms with van der Waals surface area (Å²) in [5, 5.41) is 2.97. The quantitative estimate of drug-likeness (QED) is 0.615. The molecule has 1 saturated heterocycles. The molecule has 1 aromatic carbocycles. The van der Waals surface area contributed by atoms with Crippen LogP contribution in [-0.4, -0.2) is 63.9 Å². The van der Waals surface area contributed by atoms with Crippen molar-refractivity contribution < 1.29 is 26.7 Å². The summed E-state index contributed by atoms with van der Waals surface area (Å²) in [6.07, 6.45) is 2.03. The third kappa shape index (κ3) is 6.72. The molecule has 6 nitrogen and oxygen atoms in total. The van der Waals surface area contributed by atoms with Crippen LogP contribution in [0.2, 0.25) is 0 Å². The lowest BCUT2D eigenvalue weighted by atomic mass is 9.92. The zero-order valence-electron chi connectivity index (χ0n) is 16.9. The number of alkyl halides is 2. The van der Waals surface area contributed by atoms with Gasteiger partial charge in [-0.05, 0) is 23.6 Å². The van der Waals surface area contributed by atoms with Crippen LogP contribution in [0.4, 0.5) is 8.78 Å². The molecule has 0 aromatic heterocycles. The van der Waals surface area contributed by atoms with Crippen molar-refractivity contribution in [3.8, 4) is 0 Å². The van der Waals surface area contributed by atoms with Gasteiger partial charge in [0.2, 0.25) is 9.84 Å². The number of rotatable bonds is 10. The monoisotopic (exact) mass is 432 g/mol. The van der Waals surface area contributed by atoms with Crippen molar-refractivity contribution in [1.82, 2.24) is 10.2 Å². The maximum atomic E-state index is 12.5. The number of amides is 1. The first-order valence-electron chi connectivity index (χ1n) is 9.97. The largest absolute Gasteiger partial charge is 0.379 e. The molecule has 1 amide bonds. The van der Waals surface area contributed by atoms with Crippen molar-refractivity contribution >= 4 is 15.7 Å². The lowest BCUT2D eigenvalue weighted by molar-refractivity contribution is 0.00191. The van der Waals surface area contributed by atoms with Crippen LogP contribution in [0, 0.1) is 5.92 Å². The van der Waals surface area contributed by atoms with E-state index in [9.17, 15) is 22.0 Å². The van der Waals surface area contributed by atoms with Gasteiger partial charge in [0.25, 0.3) is 5.91 Å². The summed E-state index contributed by atoms with van der Waals surface area (Å²) in [6.45, 7) is 7.85. The first-order chi connectivity index (χ1) is 13.8. The first kappa shape index (κ1) is 23.7. The summed E-state index contributed by atoms with van der Waals surface area (Å²) in [4.78, 5) is 14.9. The molecule has 29 heavy (non-hydrogen) atoms. The van der Waals surface area contributed by atoms with Gasteiger partial charge in [0.05, 0.1) is 19.0 Å². The lowest BCUT2D eigenvalue weighted by Crippen LogP contribution is -2.52. The molecule has 164 valence electrons. The number of hydrogen-bond donors (Lipinski definition) is 1. The van der Waals surface area contributed by atoms with Crippen molar-refractivity contribution in [2.24, 2.45) is 5.92 Å². The Morgan fingerprint density at radius 3 is 2.24 bits per heavy atom. The normalized spacial score (nSPS) is 16.9. The summed E-state index contributed by atoms with van der Waals surface area (Å²) in [5.41, 5.74) is 0.596. The average molecular weight is 433 g/mol. The summed E-state index contributed by atoms with van der Waals surface area (Å²) in [7, 11) is -4.48. The van der Waals surface area contributed by atoms with Crippen molar-refractivity contribution in [3.05, 3.63) is 35.4 Å².